The molecule has 1 aromatic carbocycles. The molecule has 9 nitrogen and oxygen atoms in total. The van der Waals surface area contributed by atoms with Crippen molar-refractivity contribution in [1.29, 1.82) is 0 Å². The fraction of sp³-hybridized carbons (Fsp3) is 0.348. The van der Waals surface area contributed by atoms with E-state index < -0.39 is 28.9 Å². The number of aromatic amines is 1. The zero-order chi connectivity index (χ0) is 23.9. The maximum Gasteiger partial charge on any atom is 0.330 e. The molecule has 1 saturated carbocycles. The lowest BCUT2D eigenvalue weighted by Gasteiger charge is -2.15. The molecule has 0 saturated heterocycles. The molecule has 33 heavy (non-hydrogen) atoms. The summed E-state index contributed by atoms with van der Waals surface area (Å²) in [7, 11) is 1.37. The van der Waals surface area contributed by atoms with Gasteiger partial charge in [0.25, 0.3) is 17.4 Å². The molecule has 4 rings (SSSR count). The number of benzene rings is 1. The Morgan fingerprint density at radius 1 is 1.18 bits per heavy atom. The van der Waals surface area contributed by atoms with Crippen LogP contribution in [0.3, 0.4) is 0 Å². The largest absolute Gasteiger partial charge is 0.355 e. The summed E-state index contributed by atoms with van der Waals surface area (Å²) in [5.41, 5.74) is -0.465. The Bertz CT molecular complexity index is 1390. The van der Waals surface area contributed by atoms with Gasteiger partial charge in [0.2, 0.25) is 0 Å². The van der Waals surface area contributed by atoms with Crippen LogP contribution in [0, 0.1) is 11.7 Å². The molecule has 1 fully saturated rings. The average molecular weight is 453 g/mol. The van der Waals surface area contributed by atoms with Crippen LogP contribution in [-0.4, -0.2) is 33.4 Å². The molecular formula is C23H24FN5O4. The van der Waals surface area contributed by atoms with E-state index in [4.69, 9.17) is 0 Å². The van der Waals surface area contributed by atoms with Crippen molar-refractivity contribution in [3.63, 3.8) is 0 Å². The molecule has 1 aliphatic rings. The van der Waals surface area contributed by atoms with Crippen molar-refractivity contribution < 1.29 is 14.0 Å². The first-order valence-electron chi connectivity index (χ1n) is 10.7. The smallest absolute Gasteiger partial charge is 0.330 e. The molecule has 0 spiro atoms. The number of nitrogens with zero attached hydrogens (tertiary/aromatic N) is 2. The number of amides is 2. The fourth-order valence-corrected chi connectivity index (χ4v) is 3.71. The van der Waals surface area contributed by atoms with E-state index in [1.807, 2.05) is 13.8 Å². The second-order valence-electron chi connectivity index (χ2n) is 8.56. The summed E-state index contributed by atoms with van der Waals surface area (Å²) in [6, 6.07) is 5.19. The monoisotopic (exact) mass is 453 g/mol. The Hall–Kier alpha value is -3.82. The van der Waals surface area contributed by atoms with Crippen LogP contribution in [0.1, 0.15) is 59.0 Å². The van der Waals surface area contributed by atoms with E-state index in [0.29, 0.717) is 12.2 Å². The predicted molar refractivity (Wildman–Crippen MR) is 121 cm³/mol. The summed E-state index contributed by atoms with van der Waals surface area (Å²) >= 11 is 0. The second kappa shape index (κ2) is 8.61. The lowest BCUT2D eigenvalue weighted by Crippen LogP contribution is -2.33. The molecule has 0 bridgehead atoms. The Labute approximate surface area is 188 Å². The minimum atomic E-state index is -0.730. The van der Waals surface area contributed by atoms with E-state index in [-0.39, 0.29) is 39.7 Å². The van der Waals surface area contributed by atoms with Crippen molar-refractivity contribution in [3.05, 3.63) is 67.7 Å². The first kappa shape index (κ1) is 22.4. The van der Waals surface area contributed by atoms with Gasteiger partial charge in [0.15, 0.2) is 5.65 Å². The minimum absolute atomic E-state index is 0.00536. The maximum absolute atomic E-state index is 14.0. The van der Waals surface area contributed by atoms with Gasteiger partial charge in [0.1, 0.15) is 5.82 Å². The van der Waals surface area contributed by atoms with Crippen molar-refractivity contribution >= 4 is 28.5 Å². The van der Waals surface area contributed by atoms with Gasteiger partial charge in [0, 0.05) is 30.9 Å². The van der Waals surface area contributed by atoms with Gasteiger partial charge in [-0.3, -0.25) is 23.9 Å². The summed E-state index contributed by atoms with van der Waals surface area (Å²) in [6.07, 6.45) is 1.81. The lowest BCUT2D eigenvalue weighted by atomic mass is 10.1. The maximum atomic E-state index is 14.0. The number of anilines is 1. The number of pyridine rings is 1. The third kappa shape index (κ3) is 4.41. The van der Waals surface area contributed by atoms with Gasteiger partial charge < -0.3 is 10.6 Å². The molecule has 2 amide bonds. The SMILES string of the molecule is CNC(=O)c1cc(NC(=O)c2cc(C3CC3)nc3c2c(=O)[nH]c(=O)n3CC(C)C)ccc1F. The number of nitrogens with one attached hydrogen (secondary N) is 3. The highest BCUT2D eigenvalue weighted by Gasteiger charge is 2.29. The van der Waals surface area contributed by atoms with Gasteiger partial charge in [-0.2, -0.15) is 0 Å². The van der Waals surface area contributed by atoms with Crippen molar-refractivity contribution in [3.8, 4) is 0 Å². The summed E-state index contributed by atoms with van der Waals surface area (Å²) in [5.74, 6) is -1.73. The molecule has 172 valence electrons. The minimum Gasteiger partial charge on any atom is -0.355 e. The molecule has 0 radical (unpaired) electrons. The van der Waals surface area contributed by atoms with Crippen LogP contribution in [0.15, 0.2) is 33.9 Å². The number of carbonyl (C=O) groups excluding carboxylic acids is 2. The predicted octanol–water partition coefficient (Wildman–Crippen LogP) is 2.37. The van der Waals surface area contributed by atoms with E-state index in [2.05, 4.69) is 20.6 Å². The average Bonchev–Trinajstić information content (AvgIpc) is 3.61. The Balaban J connectivity index is 1.85. The van der Waals surface area contributed by atoms with Crippen LogP contribution in [-0.2, 0) is 6.54 Å². The van der Waals surface area contributed by atoms with Crippen LogP contribution in [0.2, 0.25) is 0 Å². The van der Waals surface area contributed by atoms with Gasteiger partial charge >= 0.3 is 5.69 Å². The van der Waals surface area contributed by atoms with Crippen LogP contribution in [0.4, 0.5) is 10.1 Å². The highest BCUT2D eigenvalue weighted by Crippen LogP contribution is 2.40. The number of fused-ring (bicyclic) bond motifs is 1. The molecular weight excluding hydrogens is 429 g/mol. The molecule has 0 atom stereocenters. The van der Waals surface area contributed by atoms with Crippen molar-refractivity contribution in [2.45, 2.75) is 39.2 Å². The van der Waals surface area contributed by atoms with E-state index in [1.165, 1.54) is 23.7 Å². The summed E-state index contributed by atoms with van der Waals surface area (Å²) in [5, 5.41) is 4.98. The van der Waals surface area contributed by atoms with Crippen molar-refractivity contribution in [2.24, 2.45) is 5.92 Å². The number of halogens is 1. The highest BCUT2D eigenvalue weighted by molar-refractivity contribution is 6.12. The van der Waals surface area contributed by atoms with Gasteiger partial charge in [0.05, 0.1) is 16.5 Å². The molecule has 3 aromatic rings. The summed E-state index contributed by atoms with van der Waals surface area (Å²) in [4.78, 5) is 57.3. The zero-order valence-corrected chi connectivity index (χ0v) is 18.5. The molecule has 3 N–H and O–H groups in total. The number of hydrogen-bond acceptors (Lipinski definition) is 5. The second-order valence-corrected chi connectivity index (χ2v) is 8.56. The Morgan fingerprint density at radius 3 is 2.55 bits per heavy atom. The molecule has 0 unspecified atom stereocenters. The number of carbonyl (C=O) groups is 2. The Morgan fingerprint density at radius 2 is 1.91 bits per heavy atom. The number of hydrogen-bond donors (Lipinski definition) is 3. The normalized spacial score (nSPS) is 13.4. The van der Waals surface area contributed by atoms with Crippen LogP contribution < -0.4 is 21.9 Å². The number of aromatic nitrogens is 3. The highest BCUT2D eigenvalue weighted by atomic mass is 19.1. The third-order valence-electron chi connectivity index (χ3n) is 5.45. The lowest BCUT2D eigenvalue weighted by molar-refractivity contribution is 0.0957. The van der Waals surface area contributed by atoms with E-state index >= 15 is 0 Å². The molecule has 10 heteroatoms. The van der Waals surface area contributed by atoms with Crippen molar-refractivity contribution in [1.82, 2.24) is 19.9 Å². The fourth-order valence-electron chi connectivity index (χ4n) is 3.71. The van der Waals surface area contributed by atoms with E-state index in [9.17, 15) is 23.6 Å². The molecule has 0 aliphatic heterocycles. The van der Waals surface area contributed by atoms with Gasteiger partial charge in [-0.25, -0.2) is 14.2 Å². The third-order valence-corrected chi connectivity index (χ3v) is 5.45. The zero-order valence-electron chi connectivity index (χ0n) is 18.5. The van der Waals surface area contributed by atoms with Gasteiger partial charge in [-0.05, 0) is 43.0 Å². The van der Waals surface area contributed by atoms with Gasteiger partial charge in [-0.15, -0.1) is 0 Å². The molecule has 2 heterocycles. The molecule has 1 aliphatic carbocycles. The Kier molecular flexibility index (Phi) is 5.84. The topological polar surface area (TPSA) is 126 Å². The number of H-pyrrole nitrogens is 1. The van der Waals surface area contributed by atoms with Crippen molar-refractivity contribution in [2.75, 3.05) is 12.4 Å². The summed E-state index contributed by atoms with van der Waals surface area (Å²) in [6.45, 7) is 4.18. The summed E-state index contributed by atoms with van der Waals surface area (Å²) < 4.78 is 15.4. The standard InChI is InChI=1S/C23H24FN5O4/c1-11(2)10-29-19-18(22(32)28-23(29)33)15(9-17(27-19)12-4-5-12)21(31)26-13-6-7-16(24)14(8-13)20(30)25-3/h6-9,11-12H,4-5,10H2,1-3H3,(H,25,30)(H,26,31)(H,28,32,33). The van der Waals surface area contributed by atoms with Crippen LogP contribution >= 0.6 is 0 Å². The van der Waals surface area contributed by atoms with Crippen LogP contribution in [0.25, 0.3) is 11.0 Å². The van der Waals surface area contributed by atoms with E-state index in [1.54, 1.807) is 6.07 Å². The number of rotatable bonds is 6. The van der Waals surface area contributed by atoms with Crippen LogP contribution in [0.5, 0.6) is 0 Å². The first-order valence-corrected chi connectivity index (χ1v) is 10.7. The quantitative estimate of drug-likeness (QED) is 0.528. The first-order chi connectivity index (χ1) is 15.7. The van der Waals surface area contributed by atoms with E-state index in [0.717, 1.165) is 18.9 Å². The molecule has 2 aromatic heterocycles. The van der Waals surface area contributed by atoms with Gasteiger partial charge in [-0.1, -0.05) is 13.8 Å².